The third kappa shape index (κ3) is 82.8. The first kappa shape index (κ1) is 167. The zero-order valence-corrected chi connectivity index (χ0v) is 9.80. The maximum atomic E-state index is 0. The number of halogens is 8. The Morgan fingerprint density at radius 1 is 0.250 bits per heavy atom. The van der Waals surface area contributed by atoms with E-state index in [2.05, 4.69) is 0 Å². The minimum atomic E-state index is 0. The summed E-state index contributed by atoms with van der Waals surface area (Å²) in [4.78, 5) is 0. The lowest BCUT2D eigenvalue weighted by atomic mass is 35.5. The molecule has 0 heterocycles. The number of hydrogen-bond acceptors (Lipinski definition) is 0. The van der Waals surface area contributed by atoms with E-state index in [1.807, 2.05) is 0 Å². The molecule has 0 fully saturated rings. The van der Waals surface area contributed by atoms with Crippen molar-refractivity contribution in [3.63, 3.8) is 0 Å². The van der Waals surface area contributed by atoms with Gasteiger partial charge in [-0.05, 0) is 0 Å². The molecule has 0 aliphatic rings. The van der Waals surface area contributed by atoms with Crippen LogP contribution in [-0.4, -0.2) is 0 Å². The van der Waals surface area contributed by atoms with Crippen LogP contribution < -0.4 is 0 Å². The van der Waals surface area contributed by atoms with E-state index in [0.29, 0.717) is 0 Å². The summed E-state index contributed by atoms with van der Waals surface area (Å²) in [7, 11) is 0. The normalized spacial score (nSPS) is 0. The van der Waals surface area contributed by atoms with Gasteiger partial charge in [-0.25, -0.2) is 0 Å². The van der Waals surface area contributed by atoms with E-state index in [4.69, 9.17) is 0 Å². The van der Waals surface area contributed by atoms with Crippen molar-refractivity contribution >= 4 is 99.3 Å². The molecule has 0 aromatic rings. The lowest BCUT2D eigenvalue weighted by Crippen LogP contribution is 0.688. The predicted octanol–water partition coefficient (Wildman–Crippen LogP) is 5.29. The molecule has 0 aromatic carbocycles. The van der Waals surface area contributed by atoms with E-state index in [0.717, 1.165) is 0 Å². The molecule has 0 spiro atoms. The highest BCUT2D eigenvalue weighted by Crippen LogP contribution is 0.697. The summed E-state index contributed by atoms with van der Waals surface area (Å²) in [5, 5.41) is 0. The molecule has 64 valence electrons. The van der Waals surface area contributed by atoms with Gasteiger partial charge in [0.15, 0.2) is 0 Å². The largest absolute Gasteiger partial charge is 1.00 e. The zero-order chi connectivity index (χ0) is 0. The van der Waals surface area contributed by atoms with E-state index in [1.54, 1.807) is 0 Å². The van der Waals surface area contributed by atoms with Gasteiger partial charge in [0.2, 0.25) is 0 Å². The second-order valence-electron chi connectivity index (χ2n) is 0. The highest BCUT2D eigenvalue weighted by molar-refractivity contribution is 5.86. The molecule has 0 bridgehead atoms. The van der Waals surface area contributed by atoms with Crippen molar-refractivity contribution in [1.29, 1.82) is 0 Å². The van der Waals surface area contributed by atoms with Gasteiger partial charge in [0, 0.05) is 0 Å². The van der Waals surface area contributed by atoms with Gasteiger partial charge in [-0.3, -0.25) is 0 Å². The fraction of sp³-hybridized carbons (Fsp3) is 0. The van der Waals surface area contributed by atoms with Crippen LogP contribution in [-0.2, 0) is 0 Å². The number of hydrogen-bond donors (Lipinski definition) is 0. The zero-order valence-electron chi connectivity index (χ0n) is 20.3. The van der Waals surface area contributed by atoms with Crippen LogP contribution >= 0.6 is 99.3 Å². The molecule has 0 saturated carbocycles. The van der Waals surface area contributed by atoms with Crippen LogP contribution in [0.4, 0.5) is 0 Å². The minimum Gasteiger partial charge on any atom is -0.147 e. The molecule has 0 aromatic heterocycles. The number of rotatable bonds is 0. The molecular formula is H25Cl8+17. The molecular weight excluding hydrogens is 284 g/mol. The molecule has 0 aliphatic carbocycles. The average Bonchev–Trinajstić information content (AvgIpc) is 0. The summed E-state index contributed by atoms with van der Waals surface area (Å²) >= 11 is 0. The fourth-order valence-corrected chi connectivity index (χ4v) is 0. The van der Waals surface area contributed by atoms with Gasteiger partial charge < -0.3 is 0 Å². The Morgan fingerprint density at radius 3 is 0.250 bits per heavy atom. The molecule has 8 heteroatoms. The smallest absolute Gasteiger partial charge is 0.147 e. The topological polar surface area (TPSA) is 0 Å². The van der Waals surface area contributed by atoms with Crippen molar-refractivity contribution in [2.75, 3.05) is 0 Å². The Hall–Kier alpha value is 2.32. The summed E-state index contributed by atoms with van der Waals surface area (Å²) in [5.74, 6) is 0. The maximum Gasteiger partial charge on any atom is 1.00 e. The Morgan fingerprint density at radius 2 is 0.250 bits per heavy atom. The van der Waals surface area contributed by atoms with Crippen molar-refractivity contribution in [2.45, 2.75) is 0 Å². The first-order valence-corrected chi connectivity index (χ1v) is 0. The molecule has 0 radical (unpaired) electrons. The molecule has 0 atom stereocenters. The second kappa shape index (κ2) is 120. The van der Waals surface area contributed by atoms with Crippen molar-refractivity contribution in [1.82, 2.24) is 0 Å². The molecule has 0 aliphatic heterocycles. The van der Waals surface area contributed by atoms with Crippen LogP contribution in [0.3, 0.4) is 0 Å². The second-order valence-corrected chi connectivity index (χ2v) is 0. The predicted molar refractivity (Wildman–Crippen MR) is 76.9 cm³/mol. The third-order valence-electron chi connectivity index (χ3n) is 0. The fourth-order valence-electron chi connectivity index (χ4n) is 0. The summed E-state index contributed by atoms with van der Waals surface area (Å²) in [5.41, 5.74) is 0. The van der Waals surface area contributed by atoms with Gasteiger partial charge in [0.1, 0.15) is 0 Å². The van der Waals surface area contributed by atoms with Crippen LogP contribution in [0.2, 0.25) is 0 Å². The van der Waals surface area contributed by atoms with E-state index in [1.165, 1.54) is 0 Å². The summed E-state index contributed by atoms with van der Waals surface area (Å²) in [6, 6.07) is 0. The van der Waals surface area contributed by atoms with Gasteiger partial charge in [0.25, 0.3) is 0 Å². The van der Waals surface area contributed by atoms with E-state index < -0.39 is 0 Å². The first-order chi connectivity index (χ1) is 0. The first-order valence-electron chi connectivity index (χ1n) is 0. The SMILES string of the molecule is Cl.Cl.Cl.Cl.Cl.Cl.Cl.Cl.[H+].[H+].[H+].[H+].[H+].[H+].[H+].[H+].[H+].[H+].[H+].[H+].[H+].[H+].[H+].[H+].[H+]. The standard InChI is InChI=1S/8ClH/h8*1H/p+17. The molecule has 0 amide bonds. The van der Waals surface area contributed by atoms with Gasteiger partial charge in [-0.15, -0.1) is 99.3 Å². The molecule has 0 saturated heterocycles. The monoisotopic (exact) mass is 305 g/mol. The van der Waals surface area contributed by atoms with Crippen LogP contribution in [0.25, 0.3) is 0 Å². The molecule has 0 unspecified atom stereocenters. The van der Waals surface area contributed by atoms with E-state index in [9.17, 15) is 0 Å². The molecule has 0 N–H and O–H groups in total. The summed E-state index contributed by atoms with van der Waals surface area (Å²) in [6.45, 7) is 0. The van der Waals surface area contributed by atoms with Crippen molar-refractivity contribution < 1.29 is 24.3 Å². The van der Waals surface area contributed by atoms with E-state index >= 15 is 0 Å². The molecule has 8 heavy (non-hydrogen) atoms. The highest BCUT2D eigenvalue weighted by atomic mass is 35.5. The molecule has 0 nitrogen and oxygen atoms in total. The van der Waals surface area contributed by atoms with Crippen LogP contribution in [0.15, 0.2) is 0 Å². The summed E-state index contributed by atoms with van der Waals surface area (Å²) in [6.07, 6.45) is 0. The Balaban J connectivity index is 0. The lowest BCUT2D eigenvalue weighted by Gasteiger charge is -0.148. The van der Waals surface area contributed by atoms with E-state index in [-0.39, 0.29) is 124 Å². The van der Waals surface area contributed by atoms with Gasteiger partial charge in [-0.1, -0.05) is 0 Å². The van der Waals surface area contributed by atoms with Gasteiger partial charge in [-0.2, -0.15) is 0 Å². The average molecular weight is 309 g/mol. The third-order valence-corrected chi connectivity index (χ3v) is 0. The van der Waals surface area contributed by atoms with Gasteiger partial charge in [0.05, 0.1) is 0 Å². The van der Waals surface area contributed by atoms with Crippen molar-refractivity contribution in [3.8, 4) is 0 Å². The Kier molecular flexibility index (Phi) is 2500. The highest BCUT2D eigenvalue weighted by Gasteiger charge is -0.140. The maximum absolute atomic E-state index is 0. The van der Waals surface area contributed by atoms with Crippen LogP contribution in [0, 0.1) is 0 Å². The molecule has 0 rings (SSSR count). The van der Waals surface area contributed by atoms with Crippen LogP contribution in [0.1, 0.15) is 24.3 Å². The minimum absolute atomic E-state index is 0. The summed E-state index contributed by atoms with van der Waals surface area (Å²) < 4.78 is 0. The quantitative estimate of drug-likeness (QED) is 0.570. The van der Waals surface area contributed by atoms with Gasteiger partial charge >= 0.3 is 24.3 Å². The lowest BCUT2D eigenvalue weighted by molar-refractivity contribution is 5.85. The Labute approximate surface area is 124 Å². The Bertz CT molecular complexity index is 22.6. The van der Waals surface area contributed by atoms with Crippen molar-refractivity contribution in [3.05, 3.63) is 0 Å². The van der Waals surface area contributed by atoms with Crippen molar-refractivity contribution in [2.24, 2.45) is 0 Å². The van der Waals surface area contributed by atoms with Crippen LogP contribution in [0.5, 0.6) is 0 Å².